The average Bonchev–Trinajstić information content (AvgIpc) is 2.38. The van der Waals surface area contributed by atoms with E-state index in [0.29, 0.717) is 5.56 Å². The lowest BCUT2D eigenvalue weighted by Crippen LogP contribution is -2.41. The van der Waals surface area contributed by atoms with E-state index in [1.165, 1.54) is 13.2 Å². The van der Waals surface area contributed by atoms with E-state index in [4.69, 9.17) is 4.74 Å². The van der Waals surface area contributed by atoms with E-state index in [9.17, 15) is 14.9 Å². The van der Waals surface area contributed by atoms with Gasteiger partial charge in [-0.1, -0.05) is 32.0 Å². The van der Waals surface area contributed by atoms with Gasteiger partial charge in [-0.25, -0.2) is 0 Å². The number of benzene rings is 1. The van der Waals surface area contributed by atoms with Crippen LogP contribution in [0.1, 0.15) is 19.4 Å². The Labute approximate surface area is 111 Å². The summed E-state index contributed by atoms with van der Waals surface area (Å²) in [4.78, 5) is 22.0. The molecule has 0 aromatic heterocycles. The first-order chi connectivity index (χ1) is 8.97. The maximum absolute atomic E-state index is 11.6. The van der Waals surface area contributed by atoms with Gasteiger partial charge in [-0.15, -0.1) is 0 Å². The lowest BCUT2D eigenvalue weighted by molar-refractivity contribution is -0.385. The third-order valence-corrected chi connectivity index (χ3v) is 2.82. The van der Waals surface area contributed by atoms with Crippen molar-refractivity contribution in [1.82, 2.24) is 5.32 Å². The first-order valence-electron chi connectivity index (χ1n) is 6.01. The second-order valence-corrected chi connectivity index (χ2v) is 4.51. The molecule has 0 saturated carbocycles. The van der Waals surface area contributed by atoms with Crippen molar-refractivity contribution >= 4 is 11.7 Å². The monoisotopic (exact) mass is 266 g/mol. The highest BCUT2D eigenvalue weighted by molar-refractivity contribution is 5.75. The summed E-state index contributed by atoms with van der Waals surface area (Å²) >= 11 is 0. The van der Waals surface area contributed by atoms with Gasteiger partial charge >= 0.3 is 5.97 Å². The molecule has 1 aromatic rings. The topological polar surface area (TPSA) is 81.5 Å². The van der Waals surface area contributed by atoms with Crippen molar-refractivity contribution in [3.05, 3.63) is 39.9 Å². The zero-order chi connectivity index (χ0) is 14.4. The van der Waals surface area contributed by atoms with Crippen molar-refractivity contribution < 1.29 is 14.5 Å². The quantitative estimate of drug-likeness (QED) is 0.483. The molecule has 0 fully saturated rings. The van der Waals surface area contributed by atoms with Gasteiger partial charge in [0.15, 0.2) is 0 Å². The Kier molecular flexibility index (Phi) is 5.44. The number of carbonyl (C=O) groups excluding carboxylic acids is 1. The Balaban J connectivity index is 2.80. The Morgan fingerprint density at radius 3 is 2.58 bits per heavy atom. The lowest BCUT2D eigenvalue weighted by atomic mass is 10.0. The Morgan fingerprint density at radius 2 is 2.05 bits per heavy atom. The van der Waals surface area contributed by atoms with Crippen molar-refractivity contribution in [3.63, 3.8) is 0 Å². The predicted molar refractivity (Wildman–Crippen MR) is 70.6 cm³/mol. The number of carbonyl (C=O) groups is 1. The summed E-state index contributed by atoms with van der Waals surface area (Å²) in [6.07, 6.45) is 0. The summed E-state index contributed by atoms with van der Waals surface area (Å²) in [5.74, 6) is -0.330. The standard InChI is InChI=1S/C13H18N2O4/c1-9(2)12(13(16)19-3)14-8-10-6-4-5-7-11(10)15(17)18/h4-7,9,12,14H,8H2,1-3H3/t12-/m0/s1. The molecular weight excluding hydrogens is 248 g/mol. The van der Waals surface area contributed by atoms with Crippen LogP contribution in [0.4, 0.5) is 5.69 Å². The minimum absolute atomic E-state index is 0.0372. The van der Waals surface area contributed by atoms with Crippen LogP contribution in [-0.4, -0.2) is 24.0 Å². The van der Waals surface area contributed by atoms with Crippen molar-refractivity contribution in [3.8, 4) is 0 Å². The highest BCUT2D eigenvalue weighted by Gasteiger charge is 2.23. The SMILES string of the molecule is COC(=O)[C@@H](NCc1ccccc1[N+](=O)[O-])C(C)C. The van der Waals surface area contributed by atoms with E-state index in [1.54, 1.807) is 18.2 Å². The number of hydrogen-bond acceptors (Lipinski definition) is 5. The summed E-state index contributed by atoms with van der Waals surface area (Å²) in [6, 6.07) is 5.97. The first kappa shape index (κ1) is 15.1. The molecule has 0 heterocycles. The van der Waals surface area contributed by atoms with E-state index in [-0.39, 0.29) is 24.1 Å². The van der Waals surface area contributed by atoms with Gasteiger partial charge < -0.3 is 4.74 Å². The van der Waals surface area contributed by atoms with E-state index in [1.807, 2.05) is 13.8 Å². The molecule has 1 N–H and O–H groups in total. The van der Waals surface area contributed by atoms with Crippen LogP contribution in [0.5, 0.6) is 0 Å². The number of esters is 1. The van der Waals surface area contributed by atoms with Crippen molar-refractivity contribution in [1.29, 1.82) is 0 Å². The third-order valence-electron chi connectivity index (χ3n) is 2.82. The van der Waals surface area contributed by atoms with E-state index < -0.39 is 11.0 Å². The molecule has 19 heavy (non-hydrogen) atoms. The van der Waals surface area contributed by atoms with Crippen molar-refractivity contribution in [2.75, 3.05) is 7.11 Å². The summed E-state index contributed by atoms with van der Waals surface area (Å²) in [5.41, 5.74) is 0.587. The van der Waals surface area contributed by atoms with Gasteiger partial charge in [-0.3, -0.25) is 20.2 Å². The summed E-state index contributed by atoms with van der Waals surface area (Å²) < 4.78 is 4.70. The third kappa shape index (κ3) is 4.03. The van der Waals surface area contributed by atoms with Crippen LogP contribution in [0.2, 0.25) is 0 Å². The van der Waals surface area contributed by atoms with Crippen LogP contribution < -0.4 is 5.32 Å². The van der Waals surface area contributed by atoms with Gasteiger partial charge in [0, 0.05) is 18.2 Å². The van der Waals surface area contributed by atoms with Crippen LogP contribution in [0.15, 0.2) is 24.3 Å². The summed E-state index contributed by atoms with van der Waals surface area (Å²) in [6.45, 7) is 4.01. The molecule has 0 unspecified atom stereocenters. The highest BCUT2D eigenvalue weighted by Crippen LogP contribution is 2.18. The molecule has 104 valence electrons. The number of nitro benzene ring substituents is 1. The van der Waals surface area contributed by atoms with Crippen LogP contribution in [0.25, 0.3) is 0 Å². The molecule has 0 radical (unpaired) electrons. The summed E-state index contributed by atoms with van der Waals surface area (Å²) in [5, 5.41) is 13.9. The number of nitro groups is 1. The minimum Gasteiger partial charge on any atom is -0.468 e. The van der Waals surface area contributed by atoms with Gasteiger partial charge in [0.2, 0.25) is 0 Å². The van der Waals surface area contributed by atoms with Crippen LogP contribution in [0.3, 0.4) is 0 Å². The molecule has 1 aromatic carbocycles. The number of rotatable bonds is 6. The number of ether oxygens (including phenoxy) is 1. The second kappa shape index (κ2) is 6.84. The fourth-order valence-electron chi connectivity index (χ4n) is 1.78. The smallest absolute Gasteiger partial charge is 0.323 e. The molecule has 6 heteroatoms. The van der Waals surface area contributed by atoms with Gasteiger partial charge in [-0.05, 0) is 5.92 Å². The zero-order valence-electron chi connectivity index (χ0n) is 11.3. The Morgan fingerprint density at radius 1 is 1.42 bits per heavy atom. The number of para-hydroxylation sites is 1. The Hall–Kier alpha value is -1.95. The predicted octanol–water partition coefficient (Wildman–Crippen LogP) is 1.88. The highest BCUT2D eigenvalue weighted by atomic mass is 16.6. The molecular formula is C13H18N2O4. The maximum atomic E-state index is 11.6. The lowest BCUT2D eigenvalue weighted by Gasteiger charge is -2.19. The van der Waals surface area contributed by atoms with Gasteiger partial charge in [-0.2, -0.15) is 0 Å². The first-order valence-corrected chi connectivity index (χ1v) is 6.01. The molecule has 1 rings (SSSR count). The van der Waals surface area contributed by atoms with Crippen molar-refractivity contribution in [2.24, 2.45) is 5.92 Å². The molecule has 0 saturated heterocycles. The number of methoxy groups -OCH3 is 1. The second-order valence-electron chi connectivity index (χ2n) is 4.51. The molecule has 6 nitrogen and oxygen atoms in total. The van der Waals surface area contributed by atoms with Gasteiger partial charge in [0.25, 0.3) is 5.69 Å². The molecule has 1 atom stereocenters. The van der Waals surface area contributed by atoms with Crippen molar-refractivity contribution in [2.45, 2.75) is 26.4 Å². The Bertz CT molecular complexity index is 460. The molecule has 0 aliphatic rings. The largest absolute Gasteiger partial charge is 0.468 e. The fraction of sp³-hybridized carbons (Fsp3) is 0.462. The zero-order valence-corrected chi connectivity index (χ0v) is 11.3. The van der Waals surface area contributed by atoms with Gasteiger partial charge in [0.05, 0.1) is 12.0 Å². The summed E-state index contributed by atoms with van der Waals surface area (Å²) in [7, 11) is 1.32. The number of nitrogens with one attached hydrogen (secondary N) is 1. The average molecular weight is 266 g/mol. The fourth-order valence-corrected chi connectivity index (χ4v) is 1.78. The number of hydrogen-bond donors (Lipinski definition) is 1. The number of nitrogens with zero attached hydrogens (tertiary/aromatic N) is 1. The minimum atomic E-state index is -0.482. The maximum Gasteiger partial charge on any atom is 0.323 e. The molecule has 0 spiro atoms. The van der Waals surface area contributed by atoms with Crippen LogP contribution in [-0.2, 0) is 16.1 Å². The van der Waals surface area contributed by atoms with E-state index in [2.05, 4.69) is 5.32 Å². The van der Waals surface area contributed by atoms with Gasteiger partial charge in [0.1, 0.15) is 6.04 Å². The van der Waals surface area contributed by atoms with Crippen LogP contribution in [0, 0.1) is 16.0 Å². The molecule has 0 aliphatic carbocycles. The van der Waals surface area contributed by atoms with E-state index in [0.717, 1.165) is 0 Å². The molecule has 0 aliphatic heterocycles. The molecule has 0 bridgehead atoms. The molecule has 0 amide bonds. The van der Waals surface area contributed by atoms with E-state index >= 15 is 0 Å². The normalized spacial score (nSPS) is 12.2. The van der Waals surface area contributed by atoms with Crippen LogP contribution >= 0.6 is 0 Å².